The van der Waals surface area contributed by atoms with Crippen molar-refractivity contribution in [2.24, 2.45) is 0 Å². The number of nitrogens with zero attached hydrogens (tertiary/aromatic N) is 3. The molecule has 6 heteroatoms. The maximum atomic E-state index is 12.8. The fourth-order valence-electron chi connectivity index (χ4n) is 3.29. The molecule has 0 fully saturated rings. The highest BCUT2D eigenvalue weighted by molar-refractivity contribution is 5.95. The van der Waals surface area contributed by atoms with Crippen molar-refractivity contribution in [3.05, 3.63) is 83.7 Å². The molecule has 0 aliphatic heterocycles. The van der Waals surface area contributed by atoms with Gasteiger partial charge in [0.1, 0.15) is 5.75 Å². The molecule has 0 aliphatic carbocycles. The maximum Gasteiger partial charge on any atom is 0.255 e. The van der Waals surface area contributed by atoms with E-state index in [1.54, 1.807) is 18.0 Å². The first-order valence-electron chi connectivity index (χ1n) is 9.42. The Balaban J connectivity index is 1.55. The average Bonchev–Trinajstić information content (AvgIpc) is 3.14. The van der Waals surface area contributed by atoms with E-state index in [2.05, 4.69) is 15.4 Å². The zero-order chi connectivity index (χ0) is 20.4. The van der Waals surface area contributed by atoms with E-state index in [1.165, 1.54) is 0 Å². The Morgan fingerprint density at radius 2 is 1.83 bits per heavy atom. The van der Waals surface area contributed by atoms with E-state index in [4.69, 9.17) is 4.74 Å². The van der Waals surface area contributed by atoms with Crippen LogP contribution >= 0.6 is 0 Å². The minimum atomic E-state index is -0.169. The van der Waals surface area contributed by atoms with E-state index in [0.29, 0.717) is 11.4 Å². The first kappa shape index (κ1) is 18.7. The summed E-state index contributed by atoms with van der Waals surface area (Å²) in [5.74, 6) is 1.30. The summed E-state index contributed by atoms with van der Waals surface area (Å²) in [5, 5.41) is 8.49. The average molecular weight is 386 g/mol. The van der Waals surface area contributed by atoms with Crippen LogP contribution < -0.4 is 10.1 Å². The van der Waals surface area contributed by atoms with Gasteiger partial charge in [-0.3, -0.25) is 4.79 Å². The van der Waals surface area contributed by atoms with Crippen LogP contribution in [0.3, 0.4) is 0 Å². The SMILES string of the molecule is COc1ccc(C(C)NC(=O)c2cnn(-c3ccc4ccccc4n3)c2C)cc1. The number of para-hydroxylation sites is 1. The molecule has 1 amide bonds. The summed E-state index contributed by atoms with van der Waals surface area (Å²) in [4.78, 5) is 17.5. The number of amides is 1. The molecule has 0 bridgehead atoms. The highest BCUT2D eigenvalue weighted by Gasteiger charge is 2.18. The van der Waals surface area contributed by atoms with Crippen LogP contribution in [0.4, 0.5) is 0 Å². The molecule has 0 spiro atoms. The first-order valence-corrected chi connectivity index (χ1v) is 9.42. The Labute approximate surface area is 169 Å². The second kappa shape index (κ2) is 7.75. The number of methoxy groups -OCH3 is 1. The summed E-state index contributed by atoms with van der Waals surface area (Å²) < 4.78 is 6.88. The van der Waals surface area contributed by atoms with Gasteiger partial charge in [0.25, 0.3) is 5.91 Å². The van der Waals surface area contributed by atoms with Crippen molar-refractivity contribution in [3.8, 4) is 11.6 Å². The first-order chi connectivity index (χ1) is 14.1. The van der Waals surface area contributed by atoms with Crippen molar-refractivity contribution in [1.82, 2.24) is 20.1 Å². The summed E-state index contributed by atoms with van der Waals surface area (Å²) in [5.41, 5.74) is 3.16. The number of pyridine rings is 1. The molecule has 0 saturated heterocycles. The van der Waals surface area contributed by atoms with Crippen LogP contribution in [0, 0.1) is 6.92 Å². The van der Waals surface area contributed by atoms with E-state index in [9.17, 15) is 4.79 Å². The summed E-state index contributed by atoms with van der Waals surface area (Å²) in [7, 11) is 1.63. The summed E-state index contributed by atoms with van der Waals surface area (Å²) in [6.07, 6.45) is 1.59. The van der Waals surface area contributed by atoms with Gasteiger partial charge in [0.05, 0.1) is 36.1 Å². The molecule has 2 aromatic heterocycles. The van der Waals surface area contributed by atoms with E-state index in [1.807, 2.05) is 74.5 Å². The number of carbonyl (C=O) groups excluding carboxylic acids is 1. The summed E-state index contributed by atoms with van der Waals surface area (Å²) >= 11 is 0. The number of rotatable bonds is 5. The third-order valence-electron chi connectivity index (χ3n) is 5.02. The summed E-state index contributed by atoms with van der Waals surface area (Å²) in [6.45, 7) is 3.82. The molecular weight excluding hydrogens is 364 g/mol. The predicted octanol–water partition coefficient (Wildman–Crippen LogP) is 4.23. The van der Waals surface area contributed by atoms with Crippen LogP contribution in [-0.2, 0) is 0 Å². The number of hydrogen-bond acceptors (Lipinski definition) is 4. The summed E-state index contributed by atoms with van der Waals surface area (Å²) in [6, 6.07) is 19.3. The predicted molar refractivity (Wildman–Crippen MR) is 112 cm³/mol. The normalized spacial score (nSPS) is 12.0. The van der Waals surface area contributed by atoms with Crippen LogP contribution in [0.1, 0.15) is 34.6 Å². The van der Waals surface area contributed by atoms with Crippen LogP contribution in [-0.4, -0.2) is 27.8 Å². The van der Waals surface area contributed by atoms with E-state index < -0.39 is 0 Å². The largest absolute Gasteiger partial charge is 0.497 e. The van der Waals surface area contributed by atoms with E-state index in [0.717, 1.165) is 27.9 Å². The second-order valence-electron chi connectivity index (χ2n) is 6.89. The van der Waals surface area contributed by atoms with Gasteiger partial charge in [-0.05, 0) is 49.7 Å². The number of hydrogen-bond donors (Lipinski definition) is 1. The van der Waals surface area contributed by atoms with Gasteiger partial charge in [-0.15, -0.1) is 0 Å². The van der Waals surface area contributed by atoms with E-state index in [-0.39, 0.29) is 11.9 Å². The molecule has 4 rings (SSSR count). The monoisotopic (exact) mass is 386 g/mol. The second-order valence-corrected chi connectivity index (χ2v) is 6.89. The van der Waals surface area contributed by atoms with Gasteiger partial charge in [0, 0.05) is 5.39 Å². The van der Waals surface area contributed by atoms with Gasteiger partial charge < -0.3 is 10.1 Å². The lowest BCUT2D eigenvalue weighted by atomic mass is 10.1. The Morgan fingerprint density at radius 3 is 2.59 bits per heavy atom. The van der Waals surface area contributed by atoms with Gasteiger partial charge in [-0.2, -0.15) is 5.10 Å². The van der Waals surface area contributed by atoms with Crippen molar-refractivity contribution in [2.45, 2.75) is 19.9 Å². The molecule has 2 aromatic carbocycles. The number of ether oxygens (including phenoxy) is 1. The standard InChI is InChI=1S/C23H22N4O2/c1-15(17-8-11-19(29-3)12-9-17)25-23(28)20-14-24-27(16(20)2)22-13-10-18-6-4-5-7-21(18)26-22/h4-15H,1-3H3,(H,25,28). The van der Waals surface area contributed by atoms with Crippen LogP contribution in [0.15, 0.2) is 66.9 Å². The quantitative estimate of drug-likeness (QED) is 0.557. The fourth-order valence-corrected chi connectivity index (χ4v) is 3.29. The zero-order valence-electron chi connectivity index (χ0n) is 16.6. The third-order valence-corrected chi connectivity index (χ3v) is 5.02. The molecule has 6 nitrogen and oxygen atoms in total. The molecule has 1 atom stereocenters. The molecule has 2 heterocycles. The Kier molecular flexibility index (Phi) is 4.99. The van der Waals surface area contributed by atoms with Crippen LogP contribution in [0.2, 0.25) is 0 Å². The van der Waals surface area contributed by atoms with Crippen molar-refractivity contribution in [2.75, 3.05) is 7.11 Å². The molecular formula is C23H22N4O2. The number of carbonyl (C=O) groups is 1. The fraction of sp³-hybridized carbons (Fsp3) is 0.174. The van der Waals surface area contributed by atoms with E-state index >= 15 is 0 Å². The molecule has 0 aliphatic rings. The maximum absolute atomic E-state index is 12.8. The molecule has 0 saturated carbocycles. The zero-order valence-corrected chi connectivity index (χ0v) is 16.6. The lowest BCUT2D eigenvalue weighted by Gasteiger charge is -2.14. The molecule has 29 heavy (non-hydrogen) atoms. The molecule has 4 aromatic rings. The van der Waals surface area contributed by atoms with Gasteiger partial charge in [0.15, 0.2) is 5.82 Å². The topological polar surface area (TPSA) is 69.0 Å². The Hall–Kier alpha value is -3.67. The highest BCUT2D eigenvalue weighted by atomic mass is 16.5. The van der Waals surface area contributed by atoms with Crippen LogP contribution in [0.5, 0.6) is 5.75 Å². The van der Waals surface area contributed by atoms with Gasteiger partial charge in [0.2, 0.25) is 0 Å². The van der Waals surface area contributed by atoms with Crippen molar-refractivity contribution < 1.29 is 9.53 Å². The lowest BCUT2D eigenvalue weighted by molar-refractivity contribution is 0.0939. The smallest absolute Gasteiger partial charge is 0.255 e. The number of fused-ring (bicyclic) bond motifs is 1. The van der Waals surface area contributed by atoms with Gasteiger partial charge >= 0.3 is 0 Å². The Bertz CT molecular complexity index is 1170. The minimum absolute atomic E-state index is 0.144. The molecule has 0 radical (unpaired) electrons. The lowest BCUT2D eigenvalue weighted by Crippen LogP contribution is -2.27. The van der Waals surface area contributed by atoms with Gasteiger partial charge in [-0.25, -0.2) is 9.67 Å². The minimum Gasteiger partial charge on any atom is -0.497 e. The number of benzene rings is 2. The molecule has 1 unspecified atom stereocenters. The highest BCUT2D eigenvalue weighted by Crippen LogP contribution is 2.20. The van der Waals surface area contributed by atoms with Crippen molar-refractivity contribution in [1.29, 1.82) is 0 Å². The van der Waals surface area contributed by atoms with Crippen molar-refractivity contribution in [3.63, 3.8) is 0 Å². The third kappa shape index (κ3) is 3.69. The molecule has 1 N–H and O–H groups in total. The van der Waals surface area contributed by atoms with Crippen LogP contribution in [0.25, 0.3) is 16.7 Å². The number of aromatic nitrogens is 3. The van der Waals surface area contributed by atoms with Crippen molar-refractivity contribution >= 4 is 16.8 Å². The van der Waals surface area contributed by atoms with Gasteiger partial charge in [-0.1, -0.05) is 30.3 Å². The Morgan fingerprint density at radius 1 is 1.07 bits per heavy atom. The molecule has 146 valence electrons. The number of nitrogens with one attached hydrogen (secondary N) is 1.